The van der Waals surface area contributed by atoms with Crippen LogP contribution >= 0.6 is 0 Å². The fraction of sp³-hybridized carbons (Fsp3) is 0.553. The van der Waals surface area contributed by atoms with Crippen LogP contribution in [0.3, 0.4) is 0 Å². The van der Waals surface area contributed by atoms with Gasteiger partial charge in [-0.1, -0.05) is 44.2 Å². The van der Waals surface area contributed by atoms with Crippen LogP contribution in [-0.2, 0) is 41.2 Å². The fourth-order valence-electron chi connectivity index (χ4n) is 6.76. The lowest BCUT2D eigenvalue weighted by molar-refractivity contribution is -0.155. The van der Waals surface area contributed by atoms with Crippen LogP contribution in [0.1, 0.15) is 86.3 Å². The van der Waals surface area contributed by atoms with Crippen molar-refractivity contribution in [2.45, 2.75) is 117 Å². The van der Waals surface area contributed by atoms with E-state index in [0.717, 1.165) is 38.8 Å². The van der Waals surface area contributed by atoms with Gasteiger partial charge in [-0.05, 0) is 102 Å². The van der Waals surface area contributed by atoms with Gasteiger partial charge >= 0.3 is 19.2 Å². The number of hydrazine groups is 1. The Morgan fingerprint density at radius 2 is 1.70 bits per heavy atom. The number of esters is 1. The number of hydrogen-bond donors (Lipinski definition) is 3. The van der Waals surface area contributed by atoms with E-state index in [0.29, 0.717) is 25.8 Å². The predicted molar refractivity (Wildman–Crippen MR) is 193 cm³/mol. The van der Waals surface area contributed by atoms with Gasteiger partial charge in [-0.3, -0.25) is 14.6 Å². The van der Waals surface area contributed by atoms with Gasteiger partial charge in [-0.2, -0.15) is 0 Å². The van der Waals surface area contributed by atoms with Gasteiger partial charge in [0, 0.05) is 34.9 Å². The first-order chi connectivity index (χ1) is 23.3. The van der Waals surface area contributed by atoms with Crippen molar-refractivity contribution in [3.63, 3.8) is 0 Å². The number of cyclic esters (lactones) is 1. The molecule has 2 atom stereocenters. The van der Waals surface area contributed by atoms with E-state index in [4.69, 9.17) is 18.8 Å². The summed E-state index contributed by atoms with van der Waals surface area (Å²) in [5, 5.41) is 5.27. The van der Waals surface area contributed by atoms with Crippen LogP contribution in [0.5, 0.6) is 0 Å². The van der Waals surface area contributed by atoms with Gasteiger partial charge in [-0.25, -0.2) is 10.2 Å². The summed E-state index contributed by atoms with van der Waals surface area (Å²) in [5.41, 5.74) is 6.54. The second-order valence-corrected chi connectivity index (χ2v) is 16.7. The van der Waals surface area contributed by atoms with E-state index in [1.807, 2.05) is 45.9 Å². The molecule has 0 saturated carbocycles. The molecule has 12 heteroatoms. The third-order valence-corrected chi connectivity index (χ3v) is 10.1. The molecule has 3 aliphatic rings. The SMILES string of the molecule is CC1(C)COC(=O)[C@@H]2CCCN(N2)C(=O)C(NC(=O)OC(C)(C)C)Cc2cccc(c2)-c2ccc3[nH]c(B4OC(C)(C)C(C)(C)O4)c(c3c2)C1. The number of aromatic nitrogens is 1. The Morgan fingerprint density at radius 3 is 2.40 bits per heavy atom. The van der Waals surface area contributed by atoms with Gasteiger partial charge in [0.05, 0.1) is 17.8 Å². The van der Waals surface area contributed by atoms with E-state index < -0.39 is 53.5 Å². The van der Waals surface area contributed by atoms with Gasteiger partial charge in [0.15, 0.2) is 0 Å². The molecular formula is C38H51BN4O7. The van der Waals surface area contributed by atoms with E-state index in [1.54, 1.807) is 20.8 Å². The van der Waals surface area contributed by atoms with E-state index in [9.17, 15) is 14.4 Å². The molecule has 1 aromatic heterocycles. The molecule has 4 heterocycles. The first-order valence-electron chi connectivity index (χ1n) is 17.6. The molecule has 0 radical (unpaired) electrons. The molecule has 2 fully saturated rings. The standard InChI is InChI=1S/C38H51BN4O7/c1-35(2,3)48-34(46)41-30-19-23-12-10-13-24(18-23)25-15-16-28-26(20-25)27(31(40-28)39-49-37(6,7)38(8,9)50-39)21-36(4,5)22-47-33(45)29-14-11-17-43(42-29)32(30)44/h10,12-13,15-16,18,20,29-30,40,42H,11,14,17,19,21-22H2,1-9H3,(H,41,46)/t29-,30?/m0/s1. The highest BCUT2D eigenvalue weighted by Gasteiger charge is 2.53. The van der Waals surface area contributed by atoms with Crippen LogP contribution in [0.25, 0.3) is 22.0 Å². The van der Waals surface area contributed by atoms with E-state index in [2.05, 4.69) is 53.8 Å². The summed E-state index contributed by atoms with van der Waals surface area (Å²) in [6.07, 6.45) is 1.24. The molecule has 0 spiro atoms. The number of carbonyl (C=O) groups excluding carboxylic acids is 3. The molecular weight excluding hydrogens is 635 g/mol. The number of nitrogens with zero attached hydrogens (tertiary/aromatic N) is 1. The maximum absolute atomic E-state index is 14.0. The number of benzene rings is 2. The number of nitrogens with one attached hydrogen (secondary N) is 3. The van der Waals surface area contributed by atoms with Gasteiger partial charge in [-0.15, -0.1) is 0 Å². The summed E-state index contributed by atoms with van der Waals surface area (Å²) >= 11 is 0. The van der Waals surface area contributed by atoms with Gasteiger partial charge < -0.3 is 29.1 Å². The van der Waals surface area contributed by atoms with Crippen molar-refractivity contribution in [1.29, 1.82) is 0 Å². The quantitative estimate of drug-likeness (QED) is 0.248. The van der Waals surface area contributed by atoms with Crippen molar-refractivity contribution < 1.29 is 33.2 Å². The van der Waals surface area contributed by atoms with E-state index >= 15 is 0 Å². The van der Waals surface area contributed by atoms with E-state index in [-0.39, 0.29) is 18.9 Å². The lowest BCUT2D eigenvalue weighted by atomic mass is 9.76. The second-order valence-electron chi connectivity index (χ2n) is 16.7. The number of aromatic amines is 1. The minimum absolute atomic E-state index is 0.165. The molecule has 3 N–H and O–H groups in total. The highest BCUT2D eigenvalue weighted by Crippen LogP contribution is 2.38. The largest absolute Gasteiger partial charge is 0.512 e. The van der Waals surface area contributed by atoms with Crippen molar-refractivity contribution >= 4 is 41.6 Å². The summed E-state index contributed by atoms with van der Waals surface area (Å²) < 4.78 is 24.5. The Labute approximate surface area is 295 Å². The van der Waals surface area contributed by atoms with Crippen LogP contribution in [0.4, 0.5) is 4.79 Å². The summed E-state index contributed by atoms with van der Waals surface area (Å²) in [5.74, 6) is -0.776. The highest BCUT2D eigenvalue weighted by atomic mass is 16.7. The molecule has 6 rings (SSSR count). The summed E-state index contributed by atoms with van der Waals surface area (Å²) in [4.78, 5) is 44.1. The zero-order valence-electron chi connectivity index (χ0n) is 30.8. The maximum Gasteiger partial charge on any atom is 0.512 e. The maximum atomic E-state index is 14.0. The molecule has 6 bridgehead atoms. The third-order valence-electron chi connectivity index (χ3n) is 10.1. The van der Waals surface area contributed by atoms with Crippen molar-refractivity contribution in [2.75, 3.05) is 13.2 Å². The third kappa shape index (κ3) is 7.57. The first-order valence-corrected chi connectivity index (χ1v) is 17.6. The average Bonchev–Trinajstić information content (AvgIpc) is 3.48. The summed E-state index contributed by atoms with van der Waals surface area (Å²) in [6.45, 7) is 18.2. The van der Waals surface area contributed by atoms with Crippen LogP contribution in [-0.4, -0.2) is 77.1 Å². The summed E-state index contributed by atoms with van der Waals surface area (Å²) in [7, 11) is -0.602. The minimum Gasteiger partial charge on any atom is -0.464 e. The smallest absolute Gasteiger partial charge is 0.464 e. The molecule has 2 aromatic carbocycles. The Hall–Kier alpha value is -3.87. The Morgan fingerprint density at radius 1 is 1.00 bits per heavy atom. The fourth-order valence-corrected chi connectivity index (χ4v) is 6.76. The molecule has 2 amide bonds. The normalized spacial score (nSPS) is 23.7. The molecule has 0 aliphatic carbocycles. The van der Waals surface area contributed by atoms with Crippen molar-refractivity contribution in [1.82, 2.24) is 20.7 Å². The number of fused-ring (bicyclic) bond motifs is 6. The molecule has 11 nitrogen and oxygen atoms in total. The Balaban J connectivity index is 1.43. The molecule has 2 saturated heterocycles. The number of hydrogen-bond acceptors (Lipinski definition) is 8. The molecule has 50 heavy (non-hydrogen) atoms. The Bertz CT molecular complexity index is 1780. The highest BCUT2D eigenvalue weighted by molar-refractivity contribution is 6.62. The van der Waals surface area contributed by atoms with Crippen LogP contribution in [0.2, 0.25) is 0 Å². The van der Waals surface area contributed by atoms with Crippen molar-refractivity contribution in [2.24, 2.45) is 5.41 Å². The minimum atomic E-state index is -0.943. The van der Waals surface area contributed by atoms with Crippen molar-refractivity contribution in [3.8, 4) is 11.1 Å². The lowest BCUT2D eigenvalue weighted by Crippen LogP contribution is -2.60. The second kappa shape index (κ2) is 13.0. The number of amides is 2. The lowest BCUT2D eigenvalue weighted by Gasteiger charge is -2.35. The number of ether oxygens (including phenoxy) is 2. The topological polar surface area (TPSA) is 131 Å². The summed E-state index contributed by atoms with van der Waals surface area (Å²) in [6, 6.07) is 12.7. The van der Waals surface area contributed by atoms with Crippen LogP contribution in [0.15, 0.2) is 42.5 Å². The molecule has 268 valence electrons. The van der Waals surface area contributed by atoms with Gasteiger partial charge in [0.2, 0.25) is 0 Å². The average molecular weight is 687 g/mol. The predicted octanol–water partition coefficient (Wildman–Crippen LogP) is 5.19. The zero-order valence-corrected chi connectivity index (χ0v) is 30.8. The number of alkyl carbamates (subject to hydrolysis) is 1. The number of H-pyrrole nitrogens is 1. The van der Waals surface area contributed by atoms with Gasteiger partial charge in [0.1, 0.15) is 17.7 Å². The molecule has 3 aromatic rings. The molecule has 3 aliphatic heterocycles. The Kier molecular flexibility index (Phi) is 9.37. The number of carbonyl (C=O) groups is 3. The van der Waals surface area contributed by atoms with Gasteiger partial charge in [0.25, 0.3) is 5.91 Å². The van der Waals surface area contributed by atoms with E-state index in [1.165, 1.54) is 5.01 Å². The zero-order chi connectivity index (χ0) is 36.2. The van der Waals surface area contributed by atoms with Crippen molar-refractivity contribution in [3.05, 3.63) is 53.6 Å². The van der Waals surface area contributed by atoms with Crippen LogP contribution in [0, 0.1) is 5.41 Å². The van der Waals surface area contributed by atoms with Crippen LogP contribution < -0.4 is 16.3 Å². The monoisotopic (exact) mass is 686 g/mol. The first kappa shape index (κ1) is 35.9. The number of rotatable bonds is 2. The molecule has 1 unspecified atom stereocenters.